The fourth-order valence-electron chi connectivity index (χ4n) is 1.39. The second kappa shape index (κ2) is 5.18. The van der Waals surface area contributed by atoms with E-state index in [1.165, 1.54) is 12.4 Å². The van der Waals surface area contributed by atoms with Crippen LogP contribution in [0.3, 0.4) is 0 Å². The van der Waals surface area contributed by atoms with Gasteiger partial charge in [-0.2, -0.15) is 0 Å². The number of benzene rings is 1. The average molecular weight is 277 g/mol. The molecule has 2 rings (SSSR count). The molecule has 20 heavy (non-hydrogen) atoms. The van der Waals surface area contributed by atoms with Gasteiger partial charge in [0.15, 0.2) is 0 Å². The van der Waals surface area contributed by atoms with Crippen molar-refractivity contribution in [3.63, 3.8) is 0 Å². The molecule has 1 heterocycles. The van der Waals surface area contributed by atoms with E-state index < -0.39 is 28.0 Å². The van der Waals surface area contributed by atoms with Gasteiger partial charge in [-0.1, -0.05) is 0 Å². The van der Waals surface area contributed by atoms with Gasteiger partial charge in [0.25, 0.3) is 5.88 Å². The molecule has 0 amide bonds. The third-order valence-electron chi connectivity index (χ3n) is 2.29. The van der Waals surface area contributed by atoms with Gasteiger partial charge in [0.2, 0.25) is 5.75 Å². The number of carboxylic acids is 1. The number of H-pyrrole nitrogens is 1. The fraction of sp³-hybridized carbons (Fsp3) is 0. The van der Waals surface area contributed by atoms with Gasteiger partial charge in [-0.3, -0.25) is 14.9 Å². The van der Waals surface area contributed by atoms with Crippen LogP contribution in [0.15, 0.2) is 35.4 Å². The molecule has 0 radical (unpaired) electrons. The van der Waals surface area contributed by atoms with Crippen molar-refractivity contribution in [3.05, 3.63) is 56.6 Å². The van der Waals surface area contributed by atoms with E-state index >= 15 is 0 Å². The summed E-state index contributed by atoms with van der Waals surface area (Å²) < 4.78 is 5.03. The molecule has 0 atom stereocenters. The Kier molecular flexibility index (Phi) is 3.42. The van der Waals surface area contributed by atoms with Crippen molar-refractivity contribution in [1.82, 2.24) is 9.97 Å². The maximum atomic E-state index is 11.4. The number of aromatic amines is 1. The lowest BCUT2D eigenvalue weighted by Crippen LogP contribution is -2.10. The van der Waals surface area contributed by atoms with Crippen LogP contribution in [0.25, 0.3) is 0 Å². The third kappa shape index (κ3) is 2.61. The lowest BCUT2D eigenvalue weighted by Gasteiger charge is -2.05. The number of carboxylic acid groups (broad SMARTS) is 1. The van der Waals surface area contributed by atoms with Gasteiger partial charge in [0, 0.05) is 24.5 Å². The second-order valence-corrected chi connectivity index (χ2v) is 3.57. The van der Waals surface area contributed by atoms with Crippen molar-refractivity contribution in [2.24, 2.45) is 0 Å². The van der Waals surface area contributed by atoms with Gasteiger partial charge in [0.1, 0.15) is 0 Å². The van der Waals surface area contributed by atoms with Gasteiger partial charge in [-0.25, -0.2) is 9.78 Å². The Morgan fingerprint density at radius 2 is 2.20 bits per heavy atom. The number of nitro benzene ring substituents is 1. The van der Waals surface area contributed by atoms with Crippen LogP contribution in [0.4, 0.5) is 5.69 Å². The maximum absolute atomic E-state index is 11.4. The molecule has 0 aliphatic carbocycles. The highest BCUT2D eigenvalue weighted by Gasteiger charge is 2.19. The Morgan fingerprint density at radius 1 is 1.45 bits per heavy atom. The molecule has 0 aliphatic rings. The Hall–Kier alpha value is -3.23. The smallest absolute Gasteiger partial charge is 0.335 e. The Balaban J connectivity index is 2.51. The van der Waals surface area contributed by atoms with Crippen LogP contribution in [-0.2, 0) is 0 Å². The Labute approximate surface area is 110 Å². The van der Waals surface area contributed by atoms with Crippen LogP contribution in [0.2, 0.25) is 0 Å². The first-order chi connectivity index (χ1) is 9.49. The SMILES string of the molecule is O=C(O)c1ccc([N+](=O)[O-])c(Oc2ncc[nH]c2=O)c1. The highest BCUT2D eigenvalue weighted by atomic mass is 16.6. The van der Waals surface area contributed by atoms with Crippen LogP contribution in [0.5, 0.6) is 11.6 Å². The topological polar surface area (TPSA) is 135 Å². The molecule has 0 saturated heterocycles. The van der Waals surface area contributed by atoms with Crippen molar-refractivity contribution < 1.29 is 19.6 Å². The first-order valence-corrected chi connectivity index (χ1v) is 5.22. The number of aromatic nitrogens is 2. The molecule has 2 aromatic rings. The number of nitrogens with one attached hydrogen (secondary N) is 1. The molecule has 0 spiro atoms. The van der Waals surface area contributed by atoms with E-state index in [9.17, 15) is 19.7 Å². The minimum absolute atomic E-state index is 0.210. The number of hydrogen-bond acceptors (Lipinski definition) is 6. The van der Waals surface area contributed by atoms with Gasteiger partial charge in [-0.05, 0) is 6.07 Å². The molecule has 0 fully saturated rings. The van der Waals surface area contributed by atoms with Gasteiger partial charge < -0.3 is 14.8 Å². The van der Waals surface area contributed by atoms with Crippen molar-refractivity contribution in [2.45, 2.75) is 0 Å². The van der Waals surface area contributed by atoms with E-state index in [4.69, 9.17) is 9.84 Å². The molecule has 9 heteroatoms. The summed E-state index contributed by atoms with van der Waals surface area (Å²) in [7, 11) is 0. The summed E-state index contributed by atoms with van der Waals surface area (Å²) in [5.41, 5.74) is -1.37. The van der Waals surface area contributed by atoms with Gasteiger partial charge in [-0.15, -0.1) is 0 Å². The summed E-state index contributed by atoms with van der Waals surface area (Å²) in [6.45, 7) is 0. The number of nitro groups is 1. The van der Waals surface area contributed by atoms with Crippen molar-refractivity contribution in [3.8, 4) is 11.6 Å². The highest BCUT2D eigenvalue weighted by molar-refractivity contribution is 5.88. The second-order valence-electron chi connectivity index (χ2n) is 3.57. The summed E-state index contributed by atoms with van der Waals surface area (Å²) in [6.07, 6.45) is 2.49. The number of nitrogens with zero attached hydrogens (tertiary/aromatic N) is 2. The first kappa shape index (κ1) is 13.2. The quantitative estimate of drug-likeness (QED) is 0.632. The van der Waals surface area contributed by atoms with Crippen molar-refractivity contribution in [2.75, 3.05) is 0 Å². The zero-order chi connectivity index (χ0) is 14.7. The number of ether oxygens (including phenoxy) is 1. The van der Waals surface area contributed by atoms with Crippen LogP contribution in [0, 0.1) is 10.1 Å². The predicted molar refractivity (Wildman–Crippen MR) is 65.0 cm³/mol. The zero-order valence-electron chi connectivity index (χ0n) is 9.77. The third-order valence-corrected chi connectivity index (χ3v) is 2.29. The van der Waals surface area contributed by atoms with Crippen LogP contribution in [0.1, 0.15) is 10.4 Å². The lowest BCUT2D eigenvalue weighted by molar-refractivity contribution is -0.385. The molecular weight excluding hydrogens is 270 g/mol. The summed E-state index contributed by atoms with van der Waals surface area (Å²) in [5, 5.41) is 19.7. The average Bonchev–Trinajstić information content (AvgIpc) is 2.41. The van der Waals surface area contributed by atoms with Gasteiger partial charge in [0.05, 0.1) is 10.5 Å². The molecule has 2 N–H and O–H groups in total. The molecule has 1 aromatic heterocycles. The van der Waals surface area contributed by atoms with Crippen LogP contribution < -0.4 is 10.3 Å². The molecule has 0 bridgehead atoms. The number of hydrogen-bond donors (Lipinski definition) is 2. The van der Waals surface area contributed by atoms with Crippen molar-refractivity contribution in [1.29, 1.82) is 0 Å². The maximum Gasteiger partial charge on any atom is 0.335 e. The van der Waals surface area contributed by atoms with Crippen molar-refractivity contribution >= 4 is 11.7 Å². The minimum atomic E-state index is -1.28. The Bertz CT molecular complexity index is 739. The minimum Gasteiger partial charge on any atom is -0.478 e. The van der Waals surface area contributed by atoms with Gasteiger partial charge >= 0.3 is 17.2 Å². The number of carbonyl (C=O) groups is 1. The largest absolute Gasteiger partial charge is 0.478 e. The molecule has 0 saturated carbocycles. The predicted octanol–water partition coefficient (Wildman–Crippen LogP) is 1.17. The van der Waals surface area contributed by atoms with E-state index in [2.05, 4.69) is 9.97 Å². The summed E-state index contributed by atoms with van der Waals surface area (Å²) in [5.74, 6) is -2.07. The van der Waals surface area contributed by atoms with E-state index in [1.54, 1.807) is 0 Å². The van der Waals surface area contributed by atoms with E-state index in [0.717, 1.165) is 18.2 Å². The first-order valence-electron chi connectivity index (χ1n) is 5.22. The number of aromatic carboxylic acids is 1. The fourth-order valence-corrected chi connectivity index (χ4v) is 1.39. The van der Waals surface area contributed by atoms with E-state index in [-0.39, 0.29) is 11.3 Å². The standard InChI is InChI=1S/C11H7N3O6/c15-9-10(13-4-3-12-9)20-8-5-6(11(16)17)1-2-7(8)14(18)19/h1-5H,(H,12,15)(H,16,17). The van der Waals surface area contributed by atoms with E-state index in [0.29, 0.717) is 0 Å². The normalized spacial score (nSPS) is 10.0. The monoisotopic (exact) mass is 277 g/mol. The summed E-state index contributed by atoms with van der Waals surface area (Å²) in [4.78, 5) is 38.2. The Morgan fingerprint density at radius 3 is 2.80 bits per heavy atom. The molecule has 1 aromatic carbocycles. The molecule has 0 aliphatic heterocycles. The zero-order valence-corrected chi connectivity index (χ0v) is 9.77. The molecule has 9 nitrogen and oxygen atoms in total. The number of rotatable bonds is 4. The highest BCUT2D eigenvalue weighted by Crippen LogP contribution is 2.30. The molecular formula is C11H7N3O6. The van der Waals surface area contributed by atoms with Crippen LogP contribution >= 0.6 is 0 Å². The van der Waals surface area contributed by atoms with Crippen LogP contribution in [-0.4, -0.2) is 26.0 Å². The lowest BCUT2D eigenvalue weighted by atomic mass is 10.2. The molecule has 0 unspecified atom stereocenters. The van der Waals surface area contributed by atoms with E-state index in [1.807, 2.05) is 0 Å². The summed E-state index contributed by atoms with van der Waals surface area (Å²) in [6, 6.07) is 3.00. The summed E-state index contributed by atoms with van der Waals surface area (Å²) >= 11 is 0. The molecule has 102 valence electrons.